The maximum atomic E-state index is 12.2. The van der Waals surface area contributed by atoms with Crippen molar-refractivity contribution in [2.24, 2.45) is 0 Å². The van der Waals surface area contributed by atoms with E-state index in [0.717, 1.165) is 25.9 Å². The number of nitrogens with one attached hydrogen (secondary N) is 1. The Kier molecular flexibility index (Phi) is 3.92. The fourth-order valence-corrected chi connectivity index (χ4v) is 2.92. The van der Waals surface area contributed by atoms with Crippen molar-refractivity contribution in [3.05, 3.63) is 39.6 Å². The van der Waals surface area contributed by atoms with Gasteiger partial charge in [0.25, 0.3) is 11.3 Å². The maximum Gasteiger partial charge on any atom is 0.290 e. The summed E-state index contributed by atoms with van der Waals surface area (Å²) in [7, 11) is 0. The summed E-state index contributed by atoms with van der Waals surface area (Å²) >= 11 is 6.11. The van der Waals surface area contributed by atoms with Crippen molar-refractivity contribution in [3.63, 3.8) is 0 Å². The number of rotatable bonds is 2. The van der Waals surface area contributed by atoms with Gasteiger partial charge < -0.3 is 4.90 Å². The number of aromatic amines is 1. The standard InChI is InChI=1S/C15H16ClN3O2/c16-12-6-4-5-11-13(20)9-19(17-15(11)12)10-14(21)18-7-2-1-3-8-18/h4-6,9H,1-3,7-8,10H2/p+1. The number of amides is 1. The van der Waals surface area contributed by atoms with Crippen molar-refractivity contribution < 1.29 is 9.48 Å². The van der Waals surface area contributed by atoms with Crippen LogP contribution in [0.5, 0.6) is 0 Å². The normalized spacial score (nSPS) is 15.4. The fraction of sp³-hybridized carbons (Fsp3) is 0.400. The molecule has 110 valence electrons. The first kappa shape index (κ1) is 14.1. The summed E-state index contributed by atoms with van der Waals surface area (Å²) in [4.78, 5) is 26.2. The van der Waals surface area contributed by atoms with Crippen LogP contribution in [0.15, 0.2) is 29.2 Å². The molecule has 1 N–H and O–H groups in total. The van der Waals surface area contributed by atoms with E-state index >= 15 is 0 Å². The van der Waals surface area contributed by atoms with Crippen molar-refractivity contribution in [3.8, 4) is 0 Å². The lowest BCUT2D eigenvalue weighted by molar-refractivity contribution is -0.741. The number of likely N-dealkylation sites (tertiary alicyclic amines) is 1. The molecule has 2 aromatic rings. The molecule has 0 unspecified atom stereocenters. The summed E-state index contributed by atoms with van der Waals surface area (Å²) < 4.78 is 1.52. The van der Waals surface area contributed by atoms with Crippen LogP contribution in [0.25, 0.3) is 10.9 Å². The molecule has 5 nitrogen and oxygen atoms in total. The van der Waals surface area contributed by atoms with E-state index < -0.39 is 0 Å². The van der Waals surface area contributed by atoms with Crippen LogP contribution in [0.2, 0.25) is 5.02 Å². The lowest BCUT2D eigenvalue weighted by atomic mass is 10.1. The molecule has 0 saturated carbocycles. The highest BCUT2D eigenvalue weighted by Gasteiger charge is 2.21. The Hall–Kier alpha value is -1.88. The van der Waals surface area contributed by atoms with Gasteiger partial charge in [-0.3, -0.25) is 9.59 Å². The van der Waals surface area contributed by atoms with E-state index in [4.69, 9.17) is 11.6 Å². The van der Waals surface area contributed by atoms with Crippen LogP contribution in [-0.4, -0.2) is 29.0 Å². The number of halogens is 1. The first-order valence-corrected chi connectivity index (χ1v) is 7.52. The van der Waals surface area contributed by atoms with Crippen molar-refractivity contribution in [1.82, 2.24) is 10.00 Å². The zero-order valence-electron chi connectivity index (χ0n) is 11.6. The molecule has 21 heavy (non-hydrogen) atoms. The van der Waals surface area contributed by atoms with Gasteiger partial charge in [0.05, 0.1) is 10.4 Å². The van der Waals surface area contributed by atoms with Crippen LogP contribution in [0.1, 0.15) is 19.3 Å². The van der Waals surface area contributed by atoms with Gasteiger partial charge in [0.1, 0.15) is 5.52 Å². The van der Waals surface area contributed by atoms with Gasteiger partial charge in [-0.25, -0.2) is 0 Å². The lowest BCUT2D eigenvalue weighted by Gasteiger charge is -2.25. The maximum absolute atomic E-state index is 12.2. The monoisotopic (exact) mass is 306 g/mol. The molecule has 1 saturated heterocycles. The minimum absolute atomic E-state index is 0.0294. The number of hydrogen-bond donors (Lipinski definition) is 1. The predicted molar refractivity (Wildman–Crippen MR) is 80.2 cm³/mol. The number of fused-ring (bicyclic) bond motifs is 1. The van der Waals surface area contributed by atoms with E-state index in [1.807, 2.05) is 4.90 Å². The molecule has 0 radical (unpaired) electrons. The SMILES string of the molecule is O=C(C[n+]1cc(=O)c2cccc(Cl)c2[nH]1)N1CCCCC1. The van der Waals surface area contributed by atoms with Gasteiger partial charge in [-0.2, -0.15) is 5.10 Å². The van der Waals surface area contributed by atoms with E-state index in [1.54, 1.807) is 18.2 Å². The largest absolute Gasteiger partial charge is 0.337 e. The van der Waals surface area contributed by atoms with Crippen molar-refractivity contribution >= 4 is 28.4 Å². The van der Waals surface area contributed by atoms with E-state index in [1.165, 1.54) is 17.3 Å². The minimum Gasteiger partial charge on any atom is -0.337 e. The molecule has 1 aromatic heterocycles. The molecule has 3 rings (SSSR count). The third kappa shape index (κ3) is 2.93. The van der Waals surface area contributed by atoms with Crippen LogP contribution in [0, 0.1) is 0 Å². The second kappa shape index (κ2) is 5.85. The Bertz CT molecular complexity index is 735. The number of para-hydroxylation sites is 1. The second-order valence-corrected chi connectivity index (χ2v) is 5.74. The van der Waals surface area contributed by atoms with Gasteiger partial charge in [-0.15, -0.1) is 4.68 Å². The lowest BCUT2D eigenvalue weighted by Crippen LogP contribution is -2.49. The molecular weight excluding hydrogens is 290 g/mol. The topological polar surface area (TPSA) is 57.0 Å². The smallest absolute Gasteiger partial charge is 0.290 e. The number of aromatic nitrogens is 2. The first-order chi connectivity index (χ1) is 10.1. The van der Waals surface area contributed by atoms with Crippen LogP contribution >= 0.6 is 11.6 Å². The molecule has 0 spiro atoms. The number of nitrogens with zero attached hydrogens (tertiary/aromatic N) is 2. The molecule has 1 aliphatic heterocycles. The number of carbonyl (C=O) groups excluding carboxylic acids is 1. The fourth-order valence-electron chi connectivity index (χ4n) is 2.70. The Balaban J connectivity index is 1.89. The van der Waals surface area contributed by atoms with Crippen LogP contribution < -0.4 is 10.1 Å². The summed E-state index contributed by atoms with van der Waals surface area (Å²) in [6.45, 7) is 1.74. The zero-order valence-corrected chi connectivity index (χ0v) is 12.4. The van der Waals surface area contributed by atoms with E-state index in [9.17, 15) is 9.59 Å². The number of piperidine rings is 1. The Morgan fingerprint density at radius 1 is 1.29 bits per heavy atom. The minimum atomic E-state index is -0.141. The molecule has 0 bridgehead atoms. The summed E-state index contributed by atoms with van der Waals surface area (Å²) in [5.74, 6) is 0.0294. The molecule has 0 aliphatic carbocycles. The molecule has 1 amide bonds. The van der Waals surface area contributed by atoms with Crippen molar-refractivity contribution in [2.75, 3.05) is 13.1 Å². The molecule has 6 heteroatoms. The van der Waals surface area contributed by atoms with Gasteiger partial charge in [0.2, 0.25) is 12.7 Å². The van der Waals surface area contributed by atoms with Gasteiger partial charge in [0, 0.05) is 13.1 Å². The van der Waals surface area contributed by atoms with E-state index in [2.05, 4.69) is 5.10 Å². The molecule has 1 aliphatic rings. The molecule has 2 heterocycles. The average molecular weight is 307 g/mol. The van der Waals surface area contributed by atoms with Gasteiger partial charge in [0.15, 0.2) is 0 Å². The third-order valence-electron chi connectivity index (χ3n) is 3.82. The highest BCUT2D eigenvalue weighted by atomic mass is 35.5. The molecule has 1 fully saturated rings. The average Bonchev–Trinajstić information content (AvgIpc) is 2.49. The van der Waals surface area contributed by atoms with E-state index in [0.29, 0.717) is 15.9 Å². The number of H-pyrrole nitrogens is 1. The van der Waals surface area contributed by atoms with Crippen LogP contribution in [0.4, 0.5) is 0 Å². The van der Waals surface area contributed by atoms with Gasteiger partial charge >= 0.3 is 0 Å². The Labute approximate surface area is 127 Å². The summed E-state index contributed by atoms with van der Waals surface area (Å²) in [5.41, 5.74) is 0.427. The highest BCUT2D eigenvalue weighted by Crippen LogP contribution is 2.16. The predicted octanol–water partition coefficient (Wildman–Crippen LogP) is 1.48. The number of benzene rings is 1. The number of hydrogen-bond acceptors (Lipinski definition) is 2. The zero-order chi connectivity index (χ0) is 14.8. The van der Waals surface area contributed by atoms with Gasteiger partial charge in [-0.05, 0) is 31.4 Å². The Morgan fingerprint density at radius 2 is 2.05 bits per heavy atom. The number of carbonyl (C=O) groups is 1. The second-order valence-electron chi connectivity index (χ2n) is 5.34. The summed E-state index contributed by atoms with van der Waals surface area (Å²) in [6, 6.07) is 5.18. The first-order valence-electron chi connectivity index (χ1n) is 7.14. The Morgan fingerprint density at radius 3 is 2.81 bits per heavy atom. The quantitative estimate of drug-likeness (QED) is 0.855. The van der Waals surface area contributed by atoms with Crippen LogP contribution in [0.3, 0.4) is 0 Å². The molecule has 0 atom stereocenters. The molecule has 1 aromatic carbocycles. The third-order valence-corrected chi connectivity index (χ3v) is 4.14. The van der Waals surface area contributed by atoms with E-state index in [-0.39, 0.29) is 17.9 Å². The van der Waals surface area contributed by atoms with Crippen molar-refractivity contribution in [1.29, 1.82) is 0 Å². The van der Waals surface area contributed by atoms with Crippen molar-refractivity contribution in [2.45, 2.75) is 25.8 Å². The van der Waals surface area contributed by atoms with Gasteiger partial charge in [-0.1, -0.05) is 17.7 Å². The summed E-state index contributed by atoms with van der Waals surface area (Å²) in [6.07, 6.45) is 4.70. The highest BCUT2D eigenvalue weighted by molar-refractivity contribution is 6.34. The molecular formula is C15H17ClN3O2+. The summed E-state index contributed by atoms with van der Waals surface area (Å²) in [5, 5.41) is 4.05. The van der Waals surface area contributed by atoms with Crippen LogP contribution in [-0.2, 0) is 11.3 Å².